The maximum atomic E-state index is 12.4. The molecule has 1 aliphatic carbocycles. The third kappa shape index (κ3) is 4.21. The fourth-order valence-corrected chi connectivity index (χ4v) is 3.86. The number of aromatic nitrogens is 2. The Labute approximate surface area is 166 Å². The second-order valence-corrected chi connectivity index (χ2v) is 7.56. The Balaban J connectivity index is 1.27. The molecule has 0 radical (unpaired) electrons. The number of hydrogen-bond donors (Lipinski definition) is 1. The first-order valence-electron chi connectivity index (χ1n) is 9.05. The van der Waals surface area contributed by atoms with Crippen LogP contribution in [0.1, 0.15) is 41.7 Å². The monoisotopic (exact) mass is 394 g/mol. The van der Waals surface area contributed by atoms with Crippen molar-refractivity contribution in [3.05, 3.63) is 53.2 Å². The van der Waals surface area contributed by atoms with Gasteiger partial charge in [0.2, 0.25) is 5.88 Å². The van der Waals surface area contributed by atoms with Gasteiger partial charge in [-0.15, -0.1) is 11.3 Å². The molecule has 28 heavy (non-hydrogen) atoms. The van der Waals surface area contributed by atoms with Crippen molar-refractivity contribution in [1.29, 1.82) is 5.26 Å². The number of nitriles is 1. The lowest BCUT2D eigenvalue weighted by Crippen LogP contribution is -2.39. The van der Waals surface area contributed by atoms with Crippen LogP contribution >= 0.6 is 11.3 Å². The minimum absolute atomic E-state index is 0.0612. The number of carbonyl (C=O) groups is 1. The molecule has 3 heterocycles. The summed E-state index contributed by atoms with van der Waals surface area (Å²) in [6.07, 6.45) is 4.86. The first kappa shape index (κ1) is 18.2. The van der Waals surface area contributed by atoms with Gasteiger partial charge in [-0.3, -0.25) is 4.79 Å². The molecule has 1 fully saturated rings. The molecule has 1 N–H and O–H groups in total. The summed E-state index contributed by atoms with van der Waals surface area (Å²) < 4.78 is 11.1. The smallest absolute Gasteiger partial charge is 0.273 e. The lowest BCUT2D eigenvalue weighted by molar-refractivity contribution is 0.0881. The maximum Gasteiger partial charge on any atom is 0.273 e. The SMILES string of the molecule is N#Cc1ccc(OC2CCC(NC(=O)c3cc(-c4cccs4)on3)CC2)nc1. The summed E-state index contributed by atoms with van der Waals surface area (Å²) >= 11 is 1.54. The quantitative estimate of drug-likeness (QED) is 0.706. The molecule has 1 aliphatic rings. The largest absolute Gasteiger partial charge is 0.474 e. The Bertz CT molecular complexity index is 968. The molecule has 0 aliphatic heterocycles. The van der Waals surface area contributed by atoms with Gasteiger partial charge in [0.05, 0.1) is 10.4 Å². The van der Waals surface area contributed by atoms with Crippen molar-refractivity contribution in [2.24, 2.45) is 0 Å². The summed E-state index contributed by atoms with van der Waals surface area (Å²) in [5.74, 6) is 0.909. The van der Waals surface area contributed by atoms with Crippen LogP contribution in [0.5, 0.6) is 5.88 Å². The lowest BCUT2D eigenvalue weighted by Gasteiger charge is -2.28. The van der Waals surface area contributed by atoms with E-state index in [2.05, 4.69) is 15.5 Å². The molecule has 4 rings (SSSR count). The normalized spacial score (nSPS) is 19.0. The summed E-state index contributed by atoms with van der Waals surface area (Å²) in [5, 5.41) is 17.7. The minimum Gasteiger partial charge on any atom is -0.474 e. The van der Waals surface area contributed by atoms with Gasteiger partial charge in [-0.05, 0) is 43.2 Å². The van der Waals surface area contributed by atoms with Gasteiger partial charge in [-0.2, -0.15) is 5.26 Å². The van der Waals surface area contributed by atoms with Crippen molar-refractivity contribution in [2.45, 2.75) is 37.8 Å². The molecule has 1 amide bonds. The molecule has 0 spiro atoms. The van der Waals surface area contributed by atoms with Gasteiger partial charge in [-0.1, -0.05) is 11.2 Å². The third-order valence-corrected chi connectivity index (χ3v) is 5.55. The zero-order valence-corrected chi connectivity index (χ0v) is 15.8. The van der Waals surface area contributed by atoms with Gasteiger partial charge in [0.15, 0.2) is 11.5 Å². The zero-order chi connectivity index (χ0) is 19.3. The number of amides is 1. The zero-order valence-electron chi connectivity index (χ0n) is 15.0. The summed E-state index contributed by atoms with van der Waals surface area (Å²) in [6.45, 7) is 0. The number of nitrogens with one attached hydrogen (secondary N) is 1. The van der Waals surface area contributed by atoms with Crippen molar-refractivity contribution in [3.63, 3.8) is 0 Å². The van der Waals surface area contributed by atoms with Crippen LogP contribution in [-0.4, -0.2) is 28.2 Å². The van der Waals surface area contributed by atoms with Gasteiger partial charge in [0.25, 0.3) is 5.91 Å². The molecule has 7 nitrogen and oxygen atoms in total. The molecule has 3 aromatic rings. The lowest BCUT2D eigenvalue weighted by atomic mass is 9.93. The summed E-state index contributed by atoms with van der Waals surface area (Å²) in [5.41, 5.74) is 0.803. The van der Waals surface area contributed by atoms with Gasteiger partial charge in [0, 0.05) is 24.4 Å². The van der Waals surface area contributed by atoms with Crippen LogP contribution in [0.4, 0.5) is 0 Å². The van der Waals surface area contributed by atoms with Crippen LogP contribution in [0.2, 0.25) is 0 Å². The Morgan fingerprint density at radius 1 is 1.29 bits per heavy atom. The summed E-state index contributed by atoms with van der Waals surface area (Å²) in [7, 11) is 0. The van der Waals surface area contributed by atoms with E-state index in [0.29, 0.717) is 22.9 Å². The van der Waals surface area contributed by atoms with E-state index < -0.39 is 0 Å². The topological polar surface area (TPSA) is 101 Å². The van der Waals surface area contributed by atoms with Crippen molar-refractivity contribution in [1.82, 2.24) is 15.5 Å². The van der Waals surface area contributed by atoms with Gasteiger partial charge in [0.1, 0.15) is 12.2 Å². The van der Waals surface area contributed by atoms with Gasteiger partial charge >= 0.3 is 0 Å². The Kier molecular flexibility index (Phi) is 5.35. The Morgan fingerprint density at radius 3 is 2.82 bits per heavy atom. The molecule has 0 unspecified atom stereocenters. The number of nitrogens with zero attached hydrogens (tertiary/aromatic N) is 3. The number of ether oxygens (including phenoxy) is 1. The van der Waals surface area contributed by atoms with E-state index >= 15 is 0 Å². The highest BCUT2D eigenvalue weighted by atomic mass is 32.1. The average Bonchev–Trinajstić information content (AvgIpc) is 3.42. The molecule has 142 valence electrons. The highest BCUT2D eigenvalue weighted by Crippen LogP contribution is 2.26. The Hall–Kier alpha value is -3.18. The van der Waals surface area contributed by atoms with E-state index in [1.165, 1.54) is 17.5 Å². The number of rotatable bonds is 5. The van der Waals surface area contributed by atoms with Crippen LogP contribution < -0.4 is 10.1 Å². The van der Waals surface area contributed by atoms with E-state index in [9.17, 15) is 4.79 Å². The molecular weight excluding hydrogens is 376 g/mol. The third-order valence-electron chi connectivity index (χ3n) is 4.67. The van der Waals surface area contributed by atoms with Crippen LogP contribution in [0.15, 0.2) is 46.4 Å². The minimum atomic E-state index is -0.218. The van der Waals surface area contributed by atoms with Gasteiger partial charge in [-0.25, -0.2) is 4.98 Å². The highest BCUT2D eigenvalue weighted by Gasteiger charge is 2.25. The summed E-state index contributed by atoms with van der Waals surface area (Å²) in [4.78, 5) is 17.5. The summed E-state index contributed by atoms with van der Waals surface area (Å²) in [6, 6.07) is 11.1. The van der Waals surface area contributed by atoms with Gasteiger partial charge < -0.3 is 14.6 Å². The molecule has 3 aromatic heterocycles. The first-order chi connectivity index (χ1) is 13.7. The second kappa shape index (κ2) is 8.23. The standard InChI is InChI=1S/C20H18N4O3S/c21-11-13-3-8-19(22-12-13)26-15-6-4-14(5-7-15)23-20(25)16-10-17(27-24-16)18-2-1-9-28-18/h1-3,8-10,12,14-15H,4-7H2,(H,23,25). The van der Waals surface area contributed by atoms with E-state index in [1.54, 1.807) is 18.2 Å². The second-order valence-electron chi connectivity index (χ2n) is 6.62. The van der Waals surface area contributed by atoms with Crippen LogP contribution in [-0.2, 0) is 0 Å². The highest BCUT2D eigenvalue weighted by molar-refractivity contribution is 7.13. The van der Waals surface area contributed by atoms with Crippen molar-refractivity contribution in [3.8, 4) is 22.6 Å². The fourth-order valence-electron chi connectivity index (χ4n) is 3.19. The number of carbonyl (C=O) groups excluding carboxylic acids is 1. The Morgan fingerprint density at radius 2 is 2.14 bits per heavy atom. The number of thiophene rings is 1. The van der Waals surface area contributed by atoms with Crippen molar-refractivity contribution < 1.29 is 14.1 Å². The predicted octanol–water partition coefficient (Wildman–Crippen LogP) is 3.79. The predicted molar refractivity (Wildman–Crippen MR) is 103 cm³/mol. The molecule has 0 bridgehead atoms. The molecular formula is C20H18N4O3S. The number of hydrogen-bond acceptors (Lipinski definition) is 7. The fraction of sp³-hybridized carbons (Fsp3) is 0.300. The van der Waals surface area contributed by atoms with E-state index in [-0.39, 0.29) is 18.1 Å². The molecule has 8 heteroatoms. The molecule has 0 aromatic carbocycles. The molecule has 0 atom stereocenters. The maximum absolute atomic E-state index is 12.4. The molecule has 1 saturated carbocycles. The van der Waals surface area contributed by atoms with E-state index in [0.717, 1.165) is 30.6 Å². The first-order valence-corrected chi connectivity index (χ1v) is 9.93. The van der Waals surface area contributed by atoms with Crippen molar-refractivity contribution >= 4 is 17.2 Å². The van der Waals surface area contributed by atoms with Crippen LogP contribution in [0, 0.1) is 11.3 Å². The van der Waals surface area contributed by atoms with Crippen LogP contribution in [0.25, 0.3) is 10.6 Å². The van der Waals surface area contributed by atoms with Crippen molar-refractivity contribution in [2.75, 3.05) is 0 Å². The number of pyridine rings is 1. The van der Waals surface area contributed by atoms with E-state index in [4.69, 9.17) is 14.5 Å². The average molecular weight is 394 g/mol. The molecule has 0 saturated heterocycles. The van der Waals surface area contributed by atoms with Crippen LogP contribution in [0.3, 0.4) is 0 Å². The van der Waals surface area contributed by atoms with E-state index in [1.807, 2.05) is 23.6 Å².